The van der Waals surface area contributed by atoms with E-state index in [-0.39, 0.29) is 0 Å². The first kappa shape index (κ1) is 13.0. The fraction of sp³-hybridized carbons (Fsp3) is 0.214. The molecule has 0 radical (unpaired) electrons. The lowest BCUT2D eigenvalue weighted by molar-refractivity contribution is 0.933. The van der Waals surface area contributed by atoms with Crippen LogP contribution in [0.2, 0.25) is 0 Å². The number of hydrogen-bond donors (Lipinski definition) is 2. The van der Waals surface area contributed by atoms with Gasteiger partial charge in [-0.15, -0.1) is 0 Å². The number of aliphatic imine (C=N–C) groups is 2. The molecule has 0 fully saturated rings. The monoisotopic (exact) mass is 255 g/mol. The van der Waals surface area contributed by atoms with Crippen LogP contribution in [0.1, 0.15) is 18.2 Å². The van der Waals surface area contributed by atoms with Gasteiger partial charge in [0.1, 0.15) is 11.5 Å². The number of nitrogens with zero attached hydrogens (tertiary/aromatic N) is 3. The van der Waals surface area contributed by atoms with E-state index in [0.29, 0.717) is 12.4 Å². The number of amidine groups is 1. The van der Waals surface area contributed by atoms with Crippen molar-refractivity contribution < 1.29 is 0 Å². The Morgan fingerprint density at radius 3 is 2.84 bits per heavy atom. The van der Waals surface area contributed by atoms with Crippen molar-refractivity contribution in [1.29, 1.82) is 0 Å². The standard InChI is InChI=1S/C14H17N5/c1-3-16-14(12-13(15-2)19-10-18-12)17-9-11-7-5-4-6-8-11/h4-8,10H,2-3,9H2,1H3,(H,16,17)(H,18,19). The number of benzene rings is 1. The maximum Gasteiger partial charge on any atom is 0.180 e. The lowest BCUT2D eigenvalue weighted by Crippen LogP contribution is -2.24. The first-order chi connectivity index (χ1) is 9.35. The number of aromatic amines is 1. The van der Waals surface area contributed by atoms with Crippen molar-refractivity contribution in [3.05, 3.63) is 47.9 Å². The largest absolute Gasteiger partial charge is 0.369 e. The van der Waals surface area contributed by atoms with E-state index in [9.17, 15) is 0 Å². The third-order valence-corrected chi connectivity index (χ3v) is 2.61. The van der Waals surface area contributed by atoms with E-state index < -0.39 is 0 Å². The van der Waals surface area contributed by atoms with Crippen molar-refractivity contribution in [2.24, 2.45) is 9.98 Å². The number of rotatable bonds is 5. The minimum absolute atomic E-state index is 0.563. The predicted molar refractivity (Wildman–Crippen MR) is 78.2 cm³/mol. The van der Waals surface area contributed by atoms with Gasteiger partial charge in [0.15, 0.2) is 5.82 Å². The highest BCUT2D eigenvalue weighted by Crippen LogP contribution is 2.13. The Bertz CT molecular complexity index is 556. The van der Waals surface area contributed by atoms with Gasteiger partial charge in [-0.25, -0.2) is 9.98 Å². The highest BCUT2D eigenvalue weighted by molar-refractivity contribution is 6.00. The Morgan fingerprint density at radius 1 is 1.37 bits per heavy atom. The van der Waals surface area contributed by atoms with Gasteiger partial charge in [-0.3, -0.25) is 4.99 Å². The summed E-state index contributed by atoms with van der Waals surface area (Å²) in [5.74, 6) is 1.32. The summed E-state index contributed by atoms with van der Waals surface area (Å²) in [5, 5.41) is 3.22. The number of hydrogen-bond acceptors (Lipinski definition) is 3. The summed E-state index contributed by atoms with van der Waals surface area (Å²) >= 11 is 0. The molecule has 1 aromatic carbocycles. The molecule has 5 nitrogen and oxygen atoms in total. The van der Waals surface area contributed by atoms with Crippen molar-refractivity contribution in [1.82, 2.24) is 15.3 Å². The number of imidazole rings is 1. The maximum atomic E-state index is 4.58. The average Bonchev–Trinajstić information content (AvgIpc) is 2.93. The number of nitrogens with one attached hydrogen (secondary N) is 2. The first-order valence-electron chi connectivity index (χ1n) is 6.18. The second-order valence-corrected chi connectivity index (χ2v) is 3.94. The maximum absolute atomic E-state index is 4.58. The molecule has 0 aliphatic heterocycles. The van der Waals surface area contributed by atoms with Crippen LogP contribution in [0.3, 0.4) is 0 Å². The van der Waals surface area contributed by atoms with Crippen LogP contribution in [-0.4, -0.2) is 29.1 Å². The van der Waals surface area contributed by atoms with E-state index in [1.165, 1.54) is 0 Å². The van der Waals surface area contributed by atoms with Crippen molar-refractivity contribution in [2.45, 2.75) is 13.5 Å². The van der Waals surface area contributed by atoms with Gasteiger partial charge in [0.25, 0.3) is 0 Å². The van der Waals surface area contributed by atoms with Gasteiger partial charge >= 0.3 is 0 Å². The number of H-pyrrole nitrogens is 1. The molecule has 0 unspecified atom stereocenters. The Balaban J connectivity index is 2.22. The average molecular weight is 255 g/mol. The molecule has 1 heterocycles. The molecule has 19 heavy (non-hydrogen) atoms. The van der Waals surface area contributed by atoms with Crippen molar-refractivity contribution in [3.63, 3.8) is 0 Å². The van der Waals surface area contributed by atoms with Gasteiger partial charge in [0.2, 0.25) is 0 Å². The van der Waals surface area contributed by atoms with Crippen molar-refractivity contribution >= 4 is 18.4 Å². The van der Waals surface area contributed by atoms with Crippen LogP contribution >= 0.6 is 0 Å². The number of aromatic nitrogens is 2. The highest BCUT2D eigenvalue weighted by atomic mass is 15.1. The summed E-state index contributed by atoms with van der Waals surface area (Å²) in [5.41, 5.74) is 1.93. The second-order valence-electron chi connectivity index (χ2n) is 3.94. The Labute approximate surface area is 112 Å². The predicted octanol–water partition coefficient (Wildman–Crippen LogP) is 2.30. The molecule has 0 aliphatic carbocycles. The summed E-state index contributed by atoms with van der Waals surface area (Å²) in [6, 6.07) is 10.1. The molecule has 0 atom stereocenters. The Morgan fingerprint density at radius 2 is 2.16 bits per heavy atom. The highest BCUT2D eigenvalue weighted by Gasteiger charge is 2.10. The molecule has 0 saturated heterocycles. The summed E-state index contributed by atoms with van der Waals surface area (Å²) in [6.45, 7) is 6.92. The summed E-state index contributed by atoms with van der Waals surface area (Å²) in [4.78, 5) is 15.6. The molecule has 2 N–H and O–H groups in total. The zero-order chi connectivity index (χ0) is 13.5. The van der Waals surface area contributed by atoms with E-state index in [4.69, 9.17) is 0 Å². The third kappa shape index (κ3) is 3.28. The third-order valence-electron chi connectivity index (χ3n) is 2.61. The Hall–Kier alpha value is -2.43. The van der Waals surface area contributed by atoms with Crippen LogP contribution in [0.4, 0.5) is 5.82 Å². The summed E-state index contributed by atoms with van der Waals surface area (Å²) in [7, 11) is 0. The normalized spacial score (nSPS) is 11.3. The fourth-order valence-corrected chi connectivity index (χ4v) is 1.73. The quantitative estimate of drug-likeness (QED) is 0.636. The fourth-order valence-electron chi connectivity index (χ4n) is 1.73. The van der Waals surface area contributed by atoms with E-state index in [1.807, 2.05) is 37.3 Å². The van der Waals surface area contributed by atoms with Crippen LogP contribution in [0, 0.1) is 0 Å². The zero-order valence-electron chi connectivity index (χ0n) is 10.9. The molecule has 0 amide bonds. The van der Waals surface area contributed by atoms with E-state index in [0.717, 1.165) is 23.6 Å². The molecule has 2 rings (SSSR count). The van der Waals surface area contributed by atoms with Crippen LogP contribution < -0.4 is 5.32 Å². The van der Waals surface area contributed by atoms with Gasteiger partial charge in [-0.2, -0.15) is 0 Å². The SMILES string of the molecule is C=Nc1nc[nH]c1C(=NCc1ccccc1)NCC. The van der Waals surface area contributed by atoms with Gasteiger partial charge in [-0.05, 0) is 19.2 Å². The van der Waals surface area contributed by atoms with Crippen LogP contribution in [0.15, 0.2) is 46.6 Å². The molecule has 0 spiro atoms. The van der Waals surface area contributed by atoms with Crippen LogP contribution in [0.5, 0.6) is 0 Å². The minimum Gasteiger partial charge on any atom is -0.369 e. The molecular formula is C14H17N5. The van der Waals surface area contributed by atoms with E-state index in [1.54, 1.807) is 6.33 Å². The van der Waals surface area contributed by atoms with Gasteiger partial charge in [0.05, 0.1) is 12.9 Å². The minimum atomic E-state index is 0.563. The van der Waals surface area contributed by atoms with Crippen molar-refractivity contribution in [3.8, 4) is 0 Å². The summed E-state index contributed by atoms with van der Waals surface area (Å²) < 4.78 is 0. The molecule has 0 bridgehead atoms. The Kier molecular flexibility index (Phi) is 4.44. The molecule has 5 heteroatoms. The first-order valence-corrected chi connectivity index (χ1v) is 6.18. The molecule has 2 aromatic rings. The topological polar surface area (TPSA) is 65.4 Å². The molecule has 1 aromatic heterocycles. The summed E-state index contributed by atoms with van der Waals surface area (Å²) in [6.07, 6.45) is 1.59. The van der Waals surface area contributed by atoms with Gasteiger partial charge in [0, 0.05) is 6.54 Å². The smallest absolute Gasteiger partial charge is 0.180 e. The van der Waals surface area contributed by atoms with Gasteiger partial charge < -0.3 is 10.3 Å². The van der Waals surface area contributed by atoms with Crippen LogP contribution in [0.25, 0.3) is 0 Å². The van der Waals surface area contributed by atoms with Gasteiger partial charge in [-0.1, -0.05) is 30.3 Å². The van der Waals surface area contributed by atoms with E-state index in [2.05, 4.69) is 32.0 Å². The molecule has 0 saturated carbocycles. The van der Waals surface area contributed by atoms with E-state index >= 15 is 0 Å². The lowest BCUT2D eigenvalue weighted by Gasteiger charge is -2.07. The second kappa shape index (κ2) is 6.49. The molecule has 98 valence electrons. The zero-order valence-corrected chi connectivity index (χ0v) is 10.9. The molecular weight excluding hydrogens is 238 g/mol. The van der Waals surface area contributed by atoms with Crippen molar-refractivity contribution in [2.75, 3.05) is 6.54 Å². The van der Waals surface area contributed by atoms with Crippen LogP contribution in [-0.2, 0) is 6.54 Å². The lowest BCUT2D eigenvalue weighted by atomic mass is 10.2. The molecule has 0 aliphatic rings.